The average Bonchev–Trinajstić information content (AvgIpc) is 3.04. The van der Waals surface area contributed by atoms with E-state index in [1.54, 1.807) is 18.2 Å². The molecule has 2 aromatic rings. The van der Waals surface area contributed by atoms with E-state index >= 15 is 0 Å². The lowest BCUT2D eigenvalue weighted by Crippen LogP contribution is -2.50. The number of benzene rings is 1. The summed E-state index contributed by atoms with van der Waals surface area (Å²) in [6.45, 7) is 1.31. The summed E-state index contributed by atoms with van der Waals surface area (Å²) in [7, 11) is 0. The predicted molar refractivity (Wildman–Crippen MR) is 86.2 cm³/mol. The van der Waals surface area contributed by atoms with Crippen molar-refractivity contribution in [3.8, 4) is 11.4 Å². The standard InChI is InChI=1S/C15H16ClN5O3/c16-11-4-1-3-10(7-11)14-19-13(24-20-14)8-18-12(22)9-21-6-2-5-17-15(21)23/h1,3-4,7H,2,5-6,8-9H2,(H,17,23)(H,18,22). The number of nitrogens with one attached hydrogen (secondary N) is 2. The Morgan fingerprint density at radius 1 is 1.46 bits per heavy atom. The smallest absolute Gasteiger partial charge is 0.317 e. The van der Waals surface area contributed by atoms with Gasteiger partial charge in [-0.2, -0.15) is 4.98 Å². The molecule has 9 heteroatoms. The van der Waals surface area contributed by atoms with Crippen molar-refractivity contribution in [1.29, 1.82) is 0 Å². The second-order valence-electron chi connectivity index (χ2n) is 5.31. The highest BCUT2D eigenvalue weighted by Gasteiger charge is 2.20. The zero-order chi connectivity index (χ0) is 16.9. The van der Waals surface area contributed by atoms with Crippen molar-refractivity contribution in [2.45, 2.75) is 13.0 Å². The van der Waals surface area contributed by atoms with E-state index in [9.17, 15) is 9.59 Å². The Hall–Kier alpha value is -2.61. The molecule has 0 radical (unpaired) electrons. The Morgan fingerprint density at radius 2 is 2.33 bits per heavy atom. The van der Waals surface area contributed by atoms with Gasteiger partial charge in [-0.15, -0.1) is 0 Å². The minimum Gasteiger partial charge on any atom is -0.345 e. The van der Waals surface area contributed by atoms with Crippen molar-refractivity contribution in [1.82, 2.24) is 25.7 Å². The van der Waals surface area contributed by atoms with Gasteiger partial charge in [0.15, 0.2) is 0 Å². The van der Waals surface area contributed by atoms with E-state index < -0.39 is 0 Å². The molecular weight excluding hydrogens is 334 g/mol. The minimum absolute atomic E-state index is 0.00111. The molecule has 1 aliphatic rings. The third kappa shape index (κ3) is 4.02. The van der Waals surface area contributed by atoms with E-state index in [2.05, 4.69) is 20.8 Å². The van der Waals surface area contributed by atoms with E-state index in [-0.39, 0.29) is 30.9 Å². The molecule has 2 N–H and O–H groups in total. The molecule has 1 fully saturated rings. The van der Waals surface area contributed by atoms with E-state index in [1.807, 2.05) is 6.07 Å². The Balaban J connectivity index is 1.53. The van der Waals surface area contributed by atoms with Gasteiger partial charge in [0.25, 0.3) is 0 Å². The van der Waals surface area contributed by atoms with E-state index in [4.69, 9.17) is 16.1 Å². The molecule has 0 spiro atoms. The van der Waals surface area contributed by atoms with Crippen molar-refractivity contribution < 1.29 is 14.1 Å². The first kappa shape index (κ1) is 16.3. The molecule has 1 aromatic carbocycles. The van der Waals surface area contributed by atoms with Crippen LogP contribution < -0.4 is 10.6 Å². The lowest BCUT2D eigenvalue weighted by Gasteiger charge is -2.26. The van der Waals surface area contributed by atoms with Crippen LogP contribution in [-0.4, -0.2) is 46.6 Å². The van der Waals surface area contributed by atoms with Crippen LogP contribution >= 0.6 is 11.6 Å². The molecule has 0 saturated carbocycles. The van der Waals surface area contributed by atoms with Crippen LogP contribution in [0.15, 0.2) is 28.8 Å². The fourth-order valence-electron chi connectivity index (χ4n) is 2.30. The summed E-state index contributed by atoms with van der Waals surface area (Å²) in [6, 6.07) is 6.86. The third-order valence-corrected chi connectivity index (χ3v) is 3.73. The molecule has 1 aliphatic heterocycles. The summed E-state index contributed by atoms with van der Waals surface area (Å²) in [6.07, 6.45) is 0.825. The highest BCUT2D eigenvalue weighted by atomic mass is 35.5. The fourth-order valence-corrected chi connectivity index (χ4v) is 2.49. The summed E-state index contributed by atoms with van der Waals surface area (Å²) in [5, 5.41) is 9.79. The Kier molecular flexibility index (Phi) is 4.95. The number of nitrogens with zero attached hydrogens (tertiary/aromatic N) is 3. The number of amides is 3. The normalized spacial score (nSPS) is 14.4. The number of halogens is 1. The molecule has 0 bridgehead atoms. The van der Waals surface area contributed by atoms with Gasteiger partial charge in [0.2, 0.25) is 17.6 Å². The predicted octanol–water partition coefficient (Wildman–Crippen LogP) is 1.42. The maximum atomic E-state index is 11.9. The van der Waals surface area contributed by atoms with Gasteiger partial charge >= 0.3 is 6.03 Å². The van der Waals surface area contributed by atoms with Gasteiger partial charge in [-0.05, 0) is 18.6 Å². The molecule has 3 rings (SSSR count). The van der Waals surface area contributed by atoms with Gasteiger partial charge in [0.05, 0.1) is 6.54 Å². The van der Waals surface area contributed by atoms with Crippen LogP contribution in [0.2, 0.25) is 5.02 Å². The van der Waals surface area contributed by atoms with Gasteiger partial charge in [-0.25, -0.2) is 4.79 Å². The maximum Gasteiger partial charge on any atom is 0.317 e. The van der Waals surface area contributed by atoms with Crippen LogP contribution in [0.1, 0.15) is 12.3 Å². The monoisotopic (exact) mass is 349 g/mol. The number of rotatable bonds is 5. The lowest BCUT2D eigenvalue weighted by atomic mass is 10.2. The molecule has 1 saturated heterocycles. The van der Waals surface area contributed by atoms with Crippen molar-refractivity contribution in [3.63, 3.8) is 0 Å². The molecule has 8 nitrogen and oxygen atoms in total. The first-order valence-electron chi connectivity index (χ1n) is 7.50. The van der Waals surface area contributed by atoms with Crippen LogP contribution in [0.3, 0.4) is 0 Å². The number of carbonyl (C=O) groups excluding carboxylic acids is 2. The zero-order valence-electron chi connectivity index (χ0n) is 12.8. The van der Waals surface area contributed by atoms with Gasteiger partial charge < -0.3 is 20.1 Å². The van der Waals surface area contributed by atoms with Crippen LogP contribution in [0.4, 0.5) is 4.79 Å². The summed E-state index contributed by atoms with van der Waals surface area (Å²) < 4.78 is 5.11. The summed E-state index contributed by atoms with van der Waals surface area (Å²) in [5.74, 6) is 0.396. The van der Waals surface area contributed by atoms with Crippen LogP contribution in [0, 0.1) is 0 Å². The fraction of sp³-hybridized carbons (Fsp3) is 0.333. The Bertz CT molecular complexity index is 748. The van der Waals surface area contributed by atoms with Crippen molar-refractivity contribution >= 4 is 23.5 Å². The van der Waals surface area contributed by atoms with Crippen LogP contribution in [0.25, 0.3) is 11.4 Å². The van der Waals surface area contributed by atoms with E-state index in [0.717, 1.165) is 12.0 Å². The number of hydrogen-bond donors (Lipinski definition) is 2. The number of aromatic nitrogens is 2. The van der Waals surface area contributed by atoms with E-state index in [1.165, 1.54) is 4.90 Å². The van der Waals surface area contributed by atoms with Crippen molar-refractivity contribution in [3.05, 3.63) is 35.2 Å². The molecule has 1 aromatic heterocycles. The maximum absolute atomic E-state index is 11.9. The second kappa shape index (κ2) is 7.31. The van der Waals surface area contributed by atoms with E-state index in [0.29, 0.717) is 23.9 Å². The number of hydrogen-bond acceptors (Lipinski definition) is 5. The Morgan fingerprint density at radius 3 is 3.12 bits per heavy atom. The zero-order valence-corrected chi connectivity index (χ0v) is 13.5. The highest BCUT2D eigenvalue weighted by molar-refractivity contribution is 6.30. The molecule has 0 aliphatic carbocycles. The topological polar surface area (TPSA) is 100 Å². The molecule has 0 unspecified atom stereocenters. The number of urea groups is 1. The van der Waals surface area contributed by atoms with Crippen molar-refractivity contribution in [2.24, 2.45) is 0 Å². The quantitative estimate of drug-likeness (QED) is 0.850. The van der Waals surface area contributed by atoms with Crippen molar-refractivity contribution in [2.75, 3.05) is 19.6 Å². The molecular formula is C15H16ClN5O3. The molecule has 24 heavy (non-hydrogen) atoms. The van der Waals surface area contributed by atoms with Crippen LogP contribution in [-0.2, 0) is 11.3 Å². The lowest BCUT2D eigenvalue weighted by molar-refractivity contribution is -0.122. The molecule has 0 atom stereocenters. The molecule has 126 valence electrons. The molecule has 3 amide bonds. The SMILES string of the molecule is O=C(CN1CCCNC1=O)NCc1nc(-c2cccc(Cl)c2)no1. The summed E-state index contributed by atoms with van der Waals surface area (Å²) in [5.41, 5.74) is 0.730. The summed E-state index contributed by atoms with van der Waals surface area (Å²) >= 11 is 5.93. The largest absolute Gasteiger partial charge is 0.345 e. The first-order chi connectivity index (χ1) is 11.6. The van der Waals surface area contributed by atoms with Crippen LogP contribution in [0.5, 0.6) is 0 Å². The minimum atomic E-state index is -0.283. The second-order valence-corrected chi connectivity index (χ2v) is 5.74. The average molecular weight is 350 g/mol. The third-order valence-electron chi connectivity index (χ3n) is 3.49. The number of carbonyl (C=O) groups is 2. The molecule has 2 heterocycles. The summed E-state index contributed by atoms with van der Waals surface area (Å²) in [4.78, 5) is 29.2. The first-order valence-corrected chi connectivity index (χ1v) is 7.87. The Labute approximate surface area is 143 Å². The highest BCUT2D eigenvalue weighted by Crippen LogP contribution is 2.19. The van der Waals surface area contributed by atoms with Gasteiger partial charge in [0.1, 0.15) is 6.54 Å². The van der Waals surface area contributed by atoms with Gasteiger partial charge in [-0.1, -0.05) is 28.9 Å². The van der Waals surface area contributed by atoms with Gasteiger partial charge in [0, 0.05) is 23.7 Å². The van der Waals surface area contributed by atoms with Gasteiger partial charge in [-0.3, -0.25) is 4.79 Å².